The number of carbonyl (C=O) groups excluding carboxylic acids is 2. The van der Waals surface area contributed by atoms with Crippen LogP contribution in [-0.4, -0.2) is 70.9 Å². The van der Waals surface area contributed by atoms with E-state index in [0.29, 0.717) is 0 Å². The highest BCUT2D eigenvalue weighted by Crippen LogP contribution is 2.29. The predicted molar refractivity (Wildman–Crippen MR) is 103 cm³/mol. The maximum atomic E-state index is 14.2. The molecule has 0 bridgehead atoms. The van der Waals surface area contributed by atoms with Crippen LogP contribution in [0.4, 0.5) is 23.4 Å². The zero-order valence-corrected chi connectivity index (χ0v) is 16.9. The van der Waals surface area contributed by atoms with Crippen LogP contribution in [0.1, 0.15) is 17.4 Å². The van der Waals surface area contributed by atoms with Gasteiger partial charge in [0.15, 0.2) is 11.5 Å². The molecule has 2 amide bonds. The molecule has 32 heavy (non-hydrogen) atoms. The van der Waals surface area contributed by atoms with Crippen molar-refractivity contribution >= 4 is 17.6 Å². The van der Waals surface area contributed by atoms with E-state index in [1.807, 2.05) is 0 Å². The molecule has 1 atom stereocenters. The van der Waals surface area contributed by atoms with Gasteiger partial charge in [-0.05, 0) is 0 Å². The molecule has 2 aromatic rings. The van der Waals surface area contributed by atoms with Crippen LogP contribution in [-0.2, 0) is 4.79 Å². The fourth-order valence-corrected chi connectivity index (χ4v) is 3.60. The Labute approximate surface area is 180 Å². The van der Waals surface area contributed by atoms with Crippen LogP contribution in [0.15, 0.2) is 30.6 Å². The first kappa shape index (κ1) is 21.8. The van der Waals surface area contributed by atoms with E-state index in [2.05, 4.69) is 15.3 Å². The van der Waals surface area contributed by atoms with Gasteiger partial charge in [0.05, 0.1) is 19.6 Å². The van der Waals surface area contributed by atoms with Crippen molar-refractivity contribution in [1.82, 2.24) is 20.2 Å². The fraction of sp³-hybridized carbons (Fsp3) is 0.400. The van der Waals surface area contributed by atoms with E-state index >= 15 is 0 Å². The van der Waals surface area contributed by atoms with Crippen LogP contribution < -0.4 is 15.0 Å². The topological polar surface area (TPSA) is 87.7 Å². The van der Waals surface area contributed by atoms with Gasteiger partial charge in [-0.25, -0.2) is 27.5 Å². The lowest BCUT2D eigenvalue weighted by molar-refractivity contribution is -0.129. The highest BCUT2D eigenvalue weighted by Gasteiger charge is 2.50. The molecule has 1 unspecified atom stereocenters. The summed E-state index contributed by atoms with van der Waals surface area (Å²) in [5.74, 6) is -5.97. The highest BCUT2D eigenvalue weighted by molar-refractivity contribution is 5.97. The molecule has 0 aliphatic carbocycles. The number of alkyl halides is 2. The molecule has 170 valence electrons. The Morgan fingerprint density at radius 1 is 1.09 bits per heavy atom. The number of hydrogen-bond donors (Lipinski definition) is 1. The van der Waals surface area contributed by atoms with Gasteiger partial charge >= 0.3 is 0 Å². The first-order valence-electron chi connectivity index (χ1n) is 9.75. The molecule has 2 aliphatic rings. The van der Waals surface area contributed by atoms with Gasteiger partial charge in [-0.3, -0.25) is 9.59 Å². The SMILES string of the molecule is CC(=O)N1CC(NC(=O)c2nccnc2N2CC(Oc3cc(F)cc(F)c3)C2)C(F)(F)C1. The summed E-state index contributed by atoms with van der Waals surface area (Å²) >= 11 is 0. The molecule has 8 nitrogen and oxygen atoms in total. The van der Waals surface area contributed by atoms with Crippen LogP contribution >= 0.6 is 0 Å². The van der Waals surface area contributed by atoms with Crippen molar-refractivity contribution < 1.29 is 31.9 Å². The number of halogens is 4. The van der Waals surface area contributed by atoms with E-state index in [1.54, 1.807) is 4.90 Å². The Morgan fingerprint density at radius 3 is 2.38 bits per heavy atom. The summed E-state index contributed by atoms with van der Waals surface area (Å²) in [5.41, 5.74) is -0.153. The monoisotopic (exact) mass is 453 g/mol. The summed E-state index contributed by atoms with van der Waals surface area (Å²) in [6, 6.07) is 1.29. The van der Waals surface area contributed by atoms with Gasteiger partial charge in [0.1, 0.15) is 29.5 Å². The first-order valence-corrected chi connectivity index (χ1v) is 9.75. The molecule has 2 fully saturated rings. The van der Waals surface area contributed by atoms with Crippen molar-refractivity contribution in [3.8, 4) is 5.75 Å². The van der Waals surface area contributed by atoms with E-state index < -0.39 is 48.1 Å². The average Bonchev–Trinajstić information content (AvgIpc) is 2.98. The smallest absolute Gasteiger partial charge is 0.286 e. The number of aromatic nitrogens is 2. The summed E-state index contributed by atoms with van der Waals surface area (Å²) in [4.78, 5) is 34.8. The Balaban J connectivity index is 1.41. The number of nitrogens with one attached hydrogen (secondary N) is 1. The van der Waals surface area contributed by atoms with Gasteiger partial charge in [-0.15, -0.1) is 0 Å². The number of likely N-dealkylation sites (tertiary alicyclic amines) is 1. The molecular formula is C20H19F4N5O3. The third-order valence-corrected chi connectivity index (χ3v) is 5.25. The zero-order valence-electron chi connectivity index (χ0n) is 16.9. The number of rotatable bonds is 5. The Kier molecular flexibility index (Phi) is 5.61. The van der Waals surface area contributed by atoms with Gasteiger partial charge in [0.2, 0.25) is 5.91 Å². The molecule has 1 aromatic carbocycles. The Morgan fingerprint density at radius 2 is 1.75 bits per heavy atom. The molecule has 0 saturated carbocycles. The van der Waals surface area contributed by atoms with Crippen molar-refractivity contribution in [2.45, 2.75) is 25.0 Å². The number of nitrogens with zero attached hydrogens (tertiary/aromatic N) is 4. The third kappa shape index (κ3) is 4.43. The van der Waals surface area contributed by atoms with E-state index in [9.17, 15) is 27.2 Å². The summed E-state index contributed by atoms with van der Waals surface area (Å²) in [7, 11) is 0. The number of amides is 2. The van der Waals surface area contributed by atoms with Crippen molar-refractivity contribution in [2.75, 3.05) is 31.1 Å². The van der Waals surface area contributed by atoms with E-state index in [0.717, 1.165) is 23.1 Å². The van der Waals surface area contributed by atoms with Crippen LogP contribution in [0.25, 0.3) is 0 Å². The second kappa shape index (κ2) is 8.24. The lowest BCUT2D eigenvalue weighted by Gasteiger charge is -2.40. The lowest BCUT2D eigenvalue weighted by atomic mass is 10.1. The van der Waals surface area contributed by atoms with Crippen molar-refractivity contribution in [2.24, 2.45) is 0 Å². The summed E-state index contributed by atoms with van der Waals surface area (Å²) in [5, 5.41) is 2.25. The summed E-state index contributed by atoms with van der Waals surface area (Å²) in [6.07, 6.45) is 2.19. The molecule has 2 saturated heterocycles. The largest absolute Gasteiger partial charge is 0.487 e. The standard InChI is InChI=1S/C20H19F4N5O3/c1-11(30)29-9-16(20(23,24)10-29)27-19(31)17-18(26-3-2-25-17)28-7-15(8-28)32-14-5-12(21)4-13(22)6-14/h2-6,15-16H,7-10H2,1H3,(H,27,31). The van der Waals surface area contributed by atoms with Gasteiger partial charge in [0.25, 0.3) is 11.8 Å². The molecule has 0 radical (unpaired) electrons. The maximum Gasteiger partial charge on any atom is 0.286 e. The number of hydrogen-bond acceptors (Lipinski definition) is 6. The second-order valence-electron chi connectivity index (χ2n) is 7.67. The van der Waals surface area contributed by atoms with Crippen LogP contribution in [0.2, 0.25) is 0 Å². The minimum absolute atomic E-state index is 0.0303. The predicted octanol–water partition coefficient (Wildman–Crippen LogP) is 1.62. The van der Waals surface area contributed by atoms with Gasteiger partial charge in [0, 0.05) is 44.1 Å². The fourth-order valence-electron chi connectivity index (χ4n) is 3.60. The maximum absolute atomic E-state index is 14.2. The molecule has 1 aromatic heterocycles. The summed E-state index contributed by atoms with van der Waals surface area (Å²) in [6.45, 7) is 0.588. The number of ether oxygens (including phenoxy) is 1. The van der Waals surface area contributed by atoms with Gasteiger partial charge in [-0.1, -0.05) is 0 Å². The minimum Gasteiger partial charge on any atom is -0.487 e. The van der Waals surface area contributed by atoms with Crippen LogP contribution in [0.3, 0.4) is 0 Å². The van der Waals surface area contributed by atoms with Gasteiger partial charge < -0.3 is 19.9 Å². The van der Waals surface area contributed by atoms with E-state index in [-0.39, 0.29) is 36.9 Å². The van der Waals surface area contributed by atoms with Gasteiger partial charge in [-0.2, -0.15) is 0 Å². The second-order valence-corrected chi connectivity index (χ2v) is 7.67. The van der Waals surface area contributed by atoms with Crippen molar-refractivity contribution in [3.05, 3.63) is 47.9 Å². The molecule has 1 N–H and O–H groups in total. The number of carbonyl (C=O) groups is 2. The van der Waals surface area contributed by atoms with E-state index in [1.165, 1.54) is 19.3 Å². The highest BCUT2D eigenvalue weighted by atomic mass is 19.3. The lowest BCUT2D eigenvalue weighted by Crippen LogP contribution is -2.55. The average molecular weight is 453 g/mol. The third-order valence-electron chi connectivity index (χ3n) is 5.25. The quantitative estimate of drug-likeness (QED) is 0.693. The zero-order chi connectivity index (χ0) is 23.0. The van der Waals surface area contributed by atoms with E-state index in [4.69, 9.17) is 4.74 Å². The molecule has 2 aliphatic heterocycles. The van der Waals surface area contributed by atoms with Crippen LogP contribution in [0, 0.1) is 11.6 Å². The normalized spacial score (nSPS) is 20.1. The Hall–Kier alpha value is -3.44. The minimum atomic E-state index is -3.28. The molecule has 4 rings (SSSR count). The van der Waals surface area contributed by atoms with Crippen molar-refractivity contribution in [1.29, 1.82) is 0 Å². The molecule has 12 heteroatoms. The van der Waals surface area contributed by atoms with Crippen molar-refractivity contribution in [3.63, 3.8) is 0 Å². The van der Waals surface area contributed by atoms with Crippen LogP contribution in [0.5, 0.6) is 5.75 Å². The summed E-state index contributed by atoms with van der Waals surface area (Å²) < 4.78 is 60.6. The number of anilines is 1. The molecule has 3 heterocycles. The Bertz CT molecular complexity index is 1030. The first-order chi connectivity index (χ1) is 15.1. The number of benzene rings is 1. The molecule has 0 spiro atoms. The molecular weight excluding hydrogens is 434 g/mol.